The van der Waals surface area contributed by atoms with Crippen molar-refractivity contribution in [3.05, 3.63) is 35.4 Å². The number of sulfonamides is 1. The number of hydrogen-bond acceptors (Lipinski definition) is 5. The predicted molar refractivity (Wildman–Crippen MR) is 92.2 cm³/mol. The van der Waals surface area contributed by atoms with Crippen molar-refractivity contribution >= 4 is 16.1 Å². The van der Waals surface area contributed by atoms with Crippen LogP contribution in [0.25, 0.3) is 0 Å². The molecule has 2 rings (SSSR count). The fraction of sp³-hybridized carbons (Fsp3) is 0.562. The van der Waals surface area contributed by atoms with E-state index >= 15 is 0 Å². The van der Waals surface area contributed by atoms with Gasteiger partial charge in [-0.15, -0.1) is 0 Å². The molecular formula is C16H25N3O4S. The Kier molecular flexibility index (Phi) is 6.59. The molecule has 1 amide bonds. The number of amides is 1. The number of nitrogens with zero attached hydrogens (tertiary/aromatic N) is 2. The van der Waals surface area contributed by atoms with Gasteiger partial charge in [-0.2, -0.15) is 0 Å². The molecule has 0 radical (unpaired) electrons. The van der Waals surface area contributed by atoms with Gasteiger partial charge in [-0.1, -0.05) is 29.8 Å². The van der Waals surface area contributed by atoms with Crippen LogP contribution in [0.5, 0.6) is 0 Å². The number of benzene rings is 1. The zero-order valence-corrected chi connectivity index (χ0v) is 15.0. The minimum absolute atomic E-state index is 0.00913. The molecule has 134 valence electrons. The number of rotatable bonds is 6. The third-order valence-corrected chi connectivity index (χ3v) is 5.35. The van der Waals surface area contributed by atoms with Crippen molar-refractivity contribution < 1.29 is 17.9 Å². The lowest BCUT2D eigenvalue weighted by Gasteiger charge is -2.33. The summed E-state index contributed by atoms with van der Waals surface area (Å²) in [4.78, 5) is 15.2. The highest BCUT2D eigenvalue weighted by molar-refractivity contribution is 7.88. The van der Waals surface area contributed by atoms with Crippen molar-refractivity contribution in [2.45, 2.75) is 12.7 Å². The molecule has 1 aromatic carbocycles. The molecule has 0 bridgehead atoms. The second kappa shape index (κ2) is 8.46. The van der Waals surface area contributed by atoms with Crippen LogP contribution in [0.4, 0.5) is 4.79 Å². The summed E-state index contributed by atoms with van der Waals surface area (Å²) in [7, 11) is -1.97. The van der Waals surface area contributed by atoms with Crippen LogP contribution in [0.1, 0.15) is 11.1 Å². The van der Waals surface area contributed by atoms with E-state index in [9.17, 15) is 13.2 Å². The zero-order valence-electron chi connectivity index (χ0n) is 14.2. The van der Waals surface area contributed by atoms with Crippen LogP contribution in [0.15, 0.2) is 24.3 Å². The van der Waals surface area contributed by atoms with Gasteiger partial charge in [0.05, 0.1) is 12.9 Å². The van der Waals surface area contributed by atoms with Crippen molar-refractivity contribution in [2.75, 3.05) is 46.4 Å². The third-order valence-electron chi connectivity index (χ3n) is 3.99. The first-order chi connectivity index (χ1) is 11.4. The first-order valence-corrected chi connectivity index (χ1v) is 9.63. The maximum Gasteiger partial charge on any atom is 0.409 e. The van der Waals surface area contributed by atoms with Crippen LogP contribution in [-0.2, 0) is 20.5 Å². The molecule has 7 nitrogen and oxygen atoms in total. The van der Waals surface area contributed by atoms with Gasteiger partial charge in [-0.3, -0.25) is 4.90 Å². The van der Waals surface area contributed by atoms with Crippen molar-refractivity contribution in [3.63, 3.8) is 0 Å². The molecule has 0 saturated carbocycles. The second-order valence-electron chi connectivity index (χ2n) is 5.94. The fourth-order valence-corrected chi connectivity index (χ4v) is 3.84. The molecule has 0 spiro atoms. The van der Waals surface area contributed by atoms with Crippen molar-refractivity contribution in [1.29, 1.82) is 0 Å². The molecule has 8 heteroatoms. The van der Waals surface area contributed by atoms with E-state index in [1.807, 2.05) is 31.2 Å². The normalized spacial score (nSPS) is 16.2. The van der Waals surface area contributed by atoms with E-state index in [1.165, 1.54) is 7.11 Å². The number of hydrogen-bond donors (Lipinski definition) is 1. The number of carbonyl (C=O) groups is 1. The van der Waals surface area contributed by atoms with E-state index in [0.717, 1.165) is 11.1 Å². The smallest absolute Gasteiger partial charge is 0.409 e. The number of ether oxygens (including phenoxy) is 1. The molecule has 1 aromatic rings. The highest BCUT2D eigenvalue weighted by Gasteiger charge is 2.21. The Morgan fingerprint density at radius 3 is 2.58 bits per heavy atom. The first kappa shape index (κ1) is 18.7. The monoisotopic (exact) mass is 355 g/mol. The summed E-state index contributed by atoms with van der Waals surface area (Å²) in [6.45, 7) is 5.57. The summed E-state index contributed by atoms with van der Waals surface area (Å²) < 4.78 is 31.6. The van der Waals surface area contributed by atoms with Gasteiger partial charge >= 0.3 is 6.09 Å². The van der Waals surface area contributed by atoms with E-state index < -0.39 is 10.0 Å². The van der Waals surface area contributed by atoms with Crippen molar-refractivity contribution in [2.24, 2.45) is 0 Å². The Labute approximate surface area is 143 Å². The van der Waals surface area contributed by atoms with Gasteiger partial charge in [0, 0.05) is 39.3 Å². The predicted octanol–water partition coefficient (Wildman–Crippen LogP) is 0.798. The van der Waals surface area contributed by atoms with Gasteiger partial charge < -0.3 is 9.64 Å². The summed E-state index contributed by atoms with van der Waals surface area (Å²) >= 11 is 0. The highest BCUT2D eigenvalue weighted by atomic mass is 32.2. The van der Waals surface area contributed by atoms with Crippen LogP contribution in [0.3, 0.4) is 0 Å². The summed E-state index contributed by atoms with van der Waals surface area (Å²) in [5.74, 6) is -0.00913. The largest absolute Gasteiger partial charge is 0.453 e. The van der Waals surface area contributed by atoms with E-state index in [2.05, 4.69) is 9.62 Å². The highest BCUT2D eigenvalue weighted by Crippen LogP contribution is 2.08. The number of carbonyl (C=O) groups excluding carboxylic acids is 1. The third kappa shape index (κ3) is 5.77. The van der Waals surface area contributed by atoms with Crippen molar-refractivity contribution in [3.8, 4) is 0 Å². The minimum Gasteiger partial charge on any atom is -0.453 e. The van der Waals surface area contributed by atoms with Crippen LogP contribution in [0.2, 0.25) is 0 Å². The van der Waals surface area contributed by atoms with Gasteiger partial charge in [0.25, 0.3) is 0 Å². The zero-order chi connectivity index (χ0) is 17.6. The van der Waals surface area contributed by atoms with Crippen LogP contribution in [-0.4, -0.2) is 70.7 Å². The summed E-state index contributed by atoms with van der Waals surface area (Å²) in [5.41, 5.74) is 1.83. The molecule has 0 aromatic heterocycles. The maximum atomic E-state index is 12.1. The molecule has 0 unspecified atom stereocenters. The quantitative estimate of drug-likeness (QED) is 0.816. The van der Waals surface area contributed by atoms with Gasteiger partial charge in [-0.25, -0.2) is 17.9 Å². The average molecular weight is 355 g/mol. The van der Waals surface area contributed by atoms with Gasteiger partial charge in [0.2, 0.25) is 10.0 Å². The average Bonchev–Trinajstić information content (AvgIpc) is 2.54. The van der Waals surface area contributed by atoms with Crippen LogP contribution in [0, 0.1) is 6.92 Å². The Balaban J connectivity index is 1.73. The first-order valence-electron chi connectivity index (χ1n) is 7.98. The molecule has 0 atom stereocenters. The molecule has 1 fully saturated rings. The van der Waals surface area contributed by atoms with E-state index in [0.29, 0.717) is 39.3 Å². The lowest BCUT2D eigenvalue weighted by Crippen LogP contribution is -2.50. The van der Waals surface area contributed by atoms with Gasteiger partial charge in [0.1, 0.15) is 0 Å². The lowest BCUT2D eigenvalue weighted by atomic mass is 10.2. The molecule has 1 aliphatic rings. The number of nitrogens with one attached hydrogen (secondary N) is 1. The lowest BCUT2D eigenvalue weighted by molar-refractivity contribution is 0.0918. The molecule has 24 heavy (non-hydrogen) atoms. The number of piperazine rings is 1. The number of methoxy groups -OCH3 is 1. The molecule has 1 heterocycles. The van der Waals surface area contributed by atoms with Gasteiger partial charge in [0.15, 0.2) is 0 Å². The van der Waals surface area contributed by atoms with Crippen molar-refractivity contribution in [1.82, 2.24) is 14.5 Å². The summed E-state index contributed by atoms with van der Waals surface area (Å²) in [6.07, 6.45) is -0.312. The van der Waals surface area contributed by atoms with Crippen LogP contribution >= 0.6 is 0 Å². The van der Waals surface area contributed by atoms with Gasteiger partial charge in [-0.05, 0) is 12.5 Å². The number of aryl methyl sites for hydroxylation is 1. The SMILES string of the molecule is COC(=O)N1CCN(CCNS(=O)(=O)Cc2cccc(C)c2)CC1. The minimum atomic E-state index is -3.34. The Morgan fingerprint density at radius 1 is 1.25 bits per heavy atom. The molecule has 0 aliphatic carbocycles. The maximum absolute atomic E-state index is 12.1. The second-order valence-corrected chi connectivity index (χ2v) is 7.75. The summed E-state index contributed by atoms with van der Waals surface area (Å²) in [6, 6.07) is 7.50. The van der Waals surface area contributed by atoms with E-state index in [-0.39, 0.29) is 11.8 Å². The standard InChI is InChI=1S/C16H25N3O4S/c1-14-4-3-5-15(12-14)13-24(21,22)17-6-7-18-8-10-19(11-9-18)16(20)23-2/h3-5,12,17H,6-11,13H2,1-2H3. The molecule has 1 aliphatic heterocycles. The van der Waals surface area contributed by atoms with E-state index in [4.69, 9.17) is 4.74 Å². The molecule has 1 saturated heterocycles. The van der Waals surface area contributed by atoms with Crippen LogP contribution < -0.4 is 4.72 Å². The Morgan fingerprint density at radius 2 is 1.96 bits per heavy atom. The molecule has 1 N–H and O–H groups in total. The Hall–Kier alpha value is -1.64. The Bertz CT molecular complexity index is 655. The topological polar surface area (TPSA) is 79.0 Å². The van der Waals surface area contributed by atoms with E-state index in [1.54, 1.807) is 4.90 Å². The summed E-state index contributed by atoms with van der Waals surface area (Å²) in [5, 5.41) is 0. The fourth-order valence-electron chi connectivity index (χ4n) is 2.71. The molecular weight excluding hydrogens is 330 g/mol.